The molecule has 5 nitrogen and oxygen atoms in total. The van der Waals surface area contributed by atoms with E-state index in [-0.39, 0.29) is 12.4 Å². The molecule has 16 heavy (non-hydrogen) atoms. The average Bonchev–Trinajstić information content (AvgIpc) is 2.30. The van der Waals surface area contributed by atoms with Crippen LogP contribution in [-0.4, -0.2) is 31.4 Å². The molecule has 0 fully saturated rings. The van der Waals surface area contributed by atoms with Gasteiger partial charge in [0.25, 0.3) is 6.47 Å². The summed E-state index contributed by atoms with van der Waals surface area (Å²) < 4.78 is 15.2. The number of phenolic OH excluding ortho intramolecular Hbond substituents is 1. The summed E-state index contributed by atoms with van der Waals surface area (Å²) in [6, 6.07) is 3.37. The van der Waals surface area contributed by atoms with Crippen LogP contribution in [0.1, 0.15) is 5.56 Å². The number of rotatable bonds is 4. The van der Waals surface area contributed by atoms with Crippen molar-refractivity contribution in [2.24, 2.45) is 0 Å². The maximum absolute atomic E-state index is 9.98. The van der Waals surface area contributed by atoms with Crippen LogP contribution < -0.4 is 9.47 Å². The largest absolute Gasteiger partial charge is 0.504 e. The predicted octanol–water partition coefficient (Wildman–Crippen LogP) is 0.879. The van der Waals surface area contributed by atoms with Crippen LogP contribution in [0.2, 0.25) is 0 Å². The molecule has 0 spiro atoms. The molecule has 1 aromatic rings. The van der Waals surface area contributed by atoms with E-state index in [4.69, 9.17) is 9.47 Å². The van der Waals surface area contributed by atoms with Gasteiger partial charge in [0.05, 0.1) is 6.61 Å². The first-order valence-electron chi connectivity index (χ1n) is 4.98. The fourth-order valence-electron chi connectivity index (χ4n) is 1.56. The quantitative estimate of drug-likeness (QED) is 0.607. The Morgan fingerprint density at radius 2 is 2.19 bits per heavy atom. The summed E-state index contributed by atoms with van der Waals surface area (Å²) in [6.07, 6.45) is 0.531. The predicted molar refractivity (Wildman–Crippen MR) is 54.8 cm³/mol. The average molecular weight is 224 g/mol. The molecule has 1 aromatic carbocycles. The van der Waals surface area contributed by atoms with E-state index in [0.29, 0.717) is 37.6 Å². The summed E-state index contributed by atoms with van der Waals surface area (Å²) in [6.45, 7) is 1.59. The molecule has 0 saturated heterocycles. The minimum Gasteiger partial charge on any atom is -0.504 e. The van der Waals surface area contributed by atoms with Crippen LogP contribution >= 0.6 is 0 Å². The maximum Gasteiger partial charge on any atom is 0.293 e. The van der Waals surface area contributed by atoms with Crippen molar-refractivity contribution >= 4 is 6.47 Å². The number of carbonyl (C=O) groups excluding carboxylic acids is 1. The van der Waals surface area contributed by atoms with Gasteiger partial charge in [-0.3, -0.25) is 4.79 Å². The molecule has 0 radical (unpaired) electrons. The molecule has 0 aliphatic carbocycles. The Morgan fingerprint density at radius 3 is 3.00 bits per heavy atom. The highest BCUT2D eigenvalue weighted by Gasteiger charge is 2.17. The topological polar surface area (TPSA) is 65.0 Å². The highest BCUT2D eigenvalue weighted by molar-refractivity contribution is 5.53. The first kappa shape index (κ1) is 10.6. The van der Waals surface area contributed by atoms with Crippen molar-refractivity contribution in [1.29, 1.82) is 0 Å². The number of aromatic hydroxyl groups is 1. The maximum atomic E-state index is 9.98. The molecule has 0 saturated carbocycles. The Morgan fingerprint density at radius 1 is 1.38 bits per heavy atom. The van der Waals surface area contributed by atoms with E-state index in [1.807, 2.05) is 0 Å². The van der Waals surface area contributed by atoms with E-state index in [2.05, 4.69) is 4.74 Å². The van der Waals surface area contributed by atoms with Crippen molar-refractivity contribution in [1.82, 2.24) is 0 Å². The summed E-state index contributed by atoms with van der Waals surface area (Å²) in [5.41, 5.74) is 0.837. The van der Waals surface area contributed by atoms with Crippen LogP contribution in [0.15, 0.2) is 12.1 Å². The first-order chi connectivity index (χ1) is 7.81. The molecule has 86 valence electrons. The number of phenols is 1. The van der Waals surface area contributed by atoms with Gasteiger partial charge in [0.1, 0.15) is 13.2 Å². The number of ether oxygens (including phenoxy) is 3. The molecule has 0 amide bonds. The van der Waals surface area contributed by atoms with Gasteiger partial charge in [0.2, 0.25) is 5.75 Å². The lowest BCUT2D eigenvalue weighted by Crippen LogP contribution is -2.15. The lowest BCUT2D eigenvalue weighted by Gasteiger charge is -2.20. The van der Waals surface area contributed by atoms with Gasteiger partial charge in [-0.1, -0.05) is 0 Å². The zero-order chi connectivity index (χ0) is 11.4. The summed E-state index contributed by atoms with van der Waals surface area (Å²) in [5, 5.41) is 9.68. The van der Waals surface area contributed by atoms with Crippen LogP contribution in [0, 0.1) is 0 Å². The lowest BCUT2D eigenvalue weighted by atomic mass is 10.1. The molecular formula is C11H12O5. The summed E-state index contributed by atoms with van der Waals surface area (Å²) in [4.78, 5) is 9.98. The number of carbonyl (C=O) groups is 1. The van der Waals surface area contributed by atoms with Crippen molar-refractivity contribution in [3.63, 3.8) is 0 Å². The van der Waals surface area contributed by atoms with Crippen LogP contribution in [0.5, 0.6) is 17.2 Å². The van der Waals surface area contributed by atoms with E-state index in [9.17, 15) is 9.90 Å². The normalized spacial score (nSPS) is 13.2. The minimum absolute atomic E-state index is 0.0540. The Bertz CT molecular complexity index is 388. The van der Waals surface area contributed by atoms with E-state index >= 15 is 0 Å². The van der Waals surface area contributed by atoms with Gasteiger partial charge in [0, 0.05) is 6.42 Å². The lowest BCUT2D eigenvalue weighted by molar-refractivity contribution is -0.128. The summed E-state index contributed by atoms with van der Waals surface area (Å²) >= 11 is 0. The van der Waals surface area contributed by atoms with Gasteiger partial charge in [-0.05, 0) is 17.7 Å². The van der Waals surface area contributed by atoms with E-state index in [0.717, 1.165) is 5.56 Å². The van der Waals surface area contributed by atoms with Crippen LogP contribution in [0.4, 0.5) is 0 Å². The van der Waals surface area contributed by atoms with Crippen LogP contribution in [0.3, 0.4) is 0 Å². The molecular weight excluding hydrogens is 212 g/mol. The molecule has 0 unspecified atom stereocenters. The molecule has 1 heterocycles. The zero-order valence-electron chi connectivity index (χ0n) is 8.64. The molecule has 1 N–H and O–H groups in total. The highest BCUT2D eigenvalue weighted by atomic mass is 16.6. The second-order valence-electron chi connectivity index (χ2n) is 3.36. The first-order valence-corrected chi connectivity index (χ1v) is 4.98. The summed E-state index contributed by atoms with van der Waals surface area (Å²) in [5.74, 6) is 0.969. The Hall–Kier alpha value is -1.91. The van der Waals surface area contributed by atoms with Gasteiger partial charge in [0.15, 0.2) is 11.5 Å². The van der Waals surface area contributed by atoms with Crippen molar-refractivity contribution in [3.8, 4) is 17.2 Å². The fourth-order valence-corrected chi connectivity index (χ4v) is 1.56. The highest BCUT2D eigenvalue weighted by Crippen LogP contribution is 2.39. The third-order valence-corrected chi connectivity index (χ3v) is 2.26. The van der Waals surface area contributed by atoms with Crippen molar-refractivity contribution < 1.29 is 24.1 Å². The molecule has 1 aliphatic heterocycles. The zero-order valence-corrected chi connectivity index (χ0v) is 8.64. The molecule has 0 aromatic heterocycles. The third-order valence-electron chi connectivity index (χ3n) is 2.26. The molecule has 1 aliphatic rings. The number of benzene rings is 1. The van der Waals surface area contributed by atoms with E-state index in [1.165, 1.54) is 0 Å². The number of fused-ring (bicyclic) bond motifs is 1. The van der Waals surface area contributed by atoms with Gasteiger partial charge in [-0.15, -0.1) is 0 Å². The third kappa shape index (κ3) is 2.18. The monoisotopic (exact) mass is 224 g/mol. The fraction of sp³-hybridized carbons (Fsp3) is 0.364. The summed E-state index contributed by atoms with van der Waals surface area (Å²) in [7, 11) is 0. The molecule has 0 bridgehead atoms. The number of hydrogen-bond acceptors (Lipinski definition) is 5. The smallest absolute Gasteiger partial charge is 0.293 e. The Kier molecular flexibility index (Phi) is 3.14. The van der Waals surface area contributed by atoms with Crippen molar-refractivity contribution in [2.75, 3.05) is 19.8 Å². The van der Waals surface area contributed by atoms with Crippen LogP contribution in [-0.2, 0) is 16.0 Å². The van der Waals surface area contributed by atoms with Gasteiger partial charge in [-0.2, -0.15) is 0 Å². The Balaban J connectivity index is 2.15. The van der Waals surface area contributed by atoms with E-state index in [1.54, 1.807) is 12.1 Å². The molecule has 0 atom stereocenters. The van der Waals surface area contributed by atoms with Gasteiger partial charge >= 0.3 is 0 Å². The SMILES string of the molecule is O=COCCc1cc(O)c2c(c1)OCCO2. The Labute approximate surface area is 92.5 Å². The second kappa shape index (κ2) is 4.74. The van der Waals surface area contributed by atoms with Gasteiger partial charge in [-0.25, -0.2) is 0 Å². The second-order valence-corrected chi connectivity index (χ2v) is 3.36. The van der Waals surface area contributed by atoms with Crippen molar-refractivity contribution in [2.45, 2.75) is 6.42 Å². The molecule has 5 heteroatoms. The van der Waals surface area contributed by atoms with E-state index < -0.39 is 0 Å². The molecule has 2 rings (SSSR count). The van der Waals surface area contributed by atoms with Crippen molar-refractivity contribution in [3.05, 3.63) is 17.7 Å². The minimum atomic E-state index is 0.0540. The standard InChI is InChI=1S/C11H12O5/c12-7-14-2-1-8-5-9(13)11-10(6-8)15-3-4-16-11/h5-7,13H,1-4H2. The number of hydrogen-bond donors (Lipinski definition) is 1. The van der Waals surface area contributed by atoms with Gasteiger partial charge < -0.3 is 19.3 Å². The van der Waals surface area contributed by atoms with Crippen LogP contribution in [0.25, 0.3) is 0 Å².